The van der Waals surface area contributed by atoms with Gasteiger partial charge in [-0.15, -0.1) is 0 Å². The van der Waals surface area contributed by atoms with Gasteiger partial charge in [-0.3, -0.25) is 4.79 Å². The second-order valence-electron chi connectivity index (χ2n) is 5.65. The Labute approximate surface area is 132 Å². The van der Waals surface area contributed by atoms with Crippen molar-refractivity contribution in [2.24, 2.45) is 0 Å². The lowest BCUT2D eigenvalue weighted by molar-refractivity contribution is -0.114. The topological polar surface area (TPSA) is 17.1 Å². The van der Waals surface area contributed by atoms with E-state index in [1.54, 1.807) is 0 Å². The molecule has 120 valence electrons. The van der Waals surface area contributed by atoms with Crippen LogP contribution in [-0.4, -0.2) is 5.78 Å². The van der Waals surface area contributed by atoms with Gasteiger partial charge in [0.2, 0.25) is 0 Å². The Hall–Kier alpha value is -1.11. The van der Waals surface area contributed by atoms with Crippen LogP contribution in [0.25, 0.3) is 0 Å². The molecule has 0 fully saturated rings. The molecule has 1 nitrogen and oxygen atoms in total. The molecule has 0 amide bonds. The molecule has 0 rings (SSSR count). The van der Waals surface area contributed by atoms with Gasteiger partial charge in [-0.1, -0.05) is 69.9 Å². The average molecular weight is 290 g/mol. The highest BCUT2D eigenvalue weighted by atomic mass is 16.1. The van der Waals surface area contributed by atoms with Crippen molar-refractivity contribution in [3.05, 3.63) is 37.0 Å². The lowest BCUT2D eigenvalue weighted by atomic mass is 10.1. The molecule has 1 heteroatoms. The van der Waals surface area contributed by atoms with Gasteiger partial charge in [-0.2, -0.15) is 0 Å². The van der Waals surface area contributed by atoms with Gasteiger partial charge < -0.3 is 0 Å². The third kappa shape index (κ3) is 16.8. The van der Waals surface area contributed by atoms with Crippen molar-refractivity contribution in [1.82, 2.24) is 0 Å². The molecule has 0 aromatic carbocycles. The van der Waals surface area contributed by atoms with Gasteiger partial charge in [0, 0.05) is 6.42 Å². The van der Waals surface area contributed by atoms with E-state index in [0.717, 1.165) is 12.8 Å². The molecular weight excluding hydrogens is 256 g/mol. The highest BCUT2D eigenvalue weighted by Crippen LogP contribution is 2.08. The van der Waals surface area contributed by atoms with Crippen molar-refractivity contribution in [2.45, 2.75) is 84.0 Å². The first-order valence-electron chi connectivity index (χ1n) is 8.76. The lowest BCUT2D eigenvalue weighted by Crippen LogP contribution is -1.91. The van der Waals surface area contributed by atoms with Crippen molar-refractivity contribution >= 4 is 5.78 Å². The van der Waals surface area contributed by atoms with Crippen LogP contribution in [0.15, 0.2) is 37.0 Å². The first kappa shape index (κ1) is 19.9. The molecule has 0 saturated heterocycles. The fourth-order valence-corrected chi connectivity index (χ4v) is 2.21. The highest BCUT2D eigenvalue weighted by Gasteiger charge is 1.95. The number of allylic oxidation sites excluding steroid dienone is 5. The van der Waals surface area contributed by atoms with E-state index in [1.165, 1.54) is 63.9 Å². The Morgan fingerprint density at radius 1 is 0.810 bits per heavy atom. The summed E-state index contributed by atoms with van der Waals surface area (Å²) < 4.78 is 0. The number of carbonyl (C=O) groups is 1. The van der Waals surface area contributed by atoms with Gasteiger partial charge in [0.15, 0.2) is 5.78 Å². The van der Waals surface area contributed by atoms with E-state index in [0.29, 0.717) is 6.42 Å². The normalized spacial score (nSPS) is 11.5. The Kier molecular flexibility index (Phi) is 16.0. The van der Waals surface area contributed by atoms with Crippen molar-refractivity contribution in [3.8, 4) is 0 Å². The summed E-state index contributed by atoms with van der Waals surface area (Å²) in [4.78, 5) is 11.0. The Bertz CT molecular complexity index is 299. The van der Waals surface area contributed by atoms with Crippen LogP contribution in [0.2, 0.25) is 0 Å². The Morgan fingerprint density at radius 3 is 2.00 bits per heavy atom. The fraction of sp³-hybridized carbons (Fsp3) is 0.650. The van der Waals surface area contributed by atoms with E-state index in [9.17, 15) is 4.79 Å². The van der Waals surface area contributed by atoms with Crippen LogP contribution in [0.1, 0.15) is 84.0 Å². The first-order valence-corrected chi connectivity index (χ1v) is 8.76. The van der Waals surface area contributed by atoms with Gasteiger partial charge in [0.05, 0.1) is 0 Å². The van der Waals surface area contributed by atoms with E-state index in [4.69, 9.17) is 0 Å². The van der Waals surface area contributed by atoms with Gasteiger partial charge in [-0.05, 0) is 44.6 Å². The van der Waals surface area contributed by atoms with Crippen molar-refractivity contribution < 1.29 is 4.79 Å². The third-order valence-electron chi connectivity index (χ3n) is 3.60. The summed E-state index contributed by atoms with van der Waals surface area (Å²) in [5.41, 5.74) is 0. The molecule has 0 spiro atoms. The minimum absolute atomic E-state index is 0.181. The van der Waals surface area contributed by atoms with E-state index >= 15 is 0 Å². The van der Waals surface area contributed by atoms with E-state index in [1.807, 2.05) is 0 Å². The number of ketones is 1. The third-order valence-corrected chi connectivity index (χ3v) is 3.60. The quantitative estimate of drug-likeness (QED) is 0.190. The predicted molar refractivity (Wildman–Crippen MR) is 94.6 cm³/mol. The molecule has 21 heavy (non-hydrogen) atoms. The number of hydrogen-bond donors (Lipinski definition) is 0. The van der Waals surface area contributed by atoms with Gasteiger partial charge in [-0.25, -0.2) is 0 Å². The Balaban J connectivity index is 3.21. The van der Waals surface area contributed by atoms with Crippen LogP contribution in [0.3, 0.4) is 0 Å². The van der Waals surface area contributed by atoms with Gasteiger partial charge >= 0.3 is 0 Å². The predicted octanol–water partition coefficient (Wildman–Crippen LogP) is 6.56. The van der Waals surface area contributed by atoms with Crippen molar-refractivity contribution in [3.63, 3.8) is 0 Å². The molecule has 0 heterocycles. The lowest BCUT2D eigenvalue weighted by Gasteiger charge is -1.98. The van der Waals surface area contributed by atoms with Crippen molar-refractivity contribution in [1.29, 1.82) is 0 Å². The van der Waals surface area contributed by atoms with Gasteiger partial charge in [0.25, 0.3) is 0 Å². The summed E-state index contributed by atoms with van der Waals surface area (Å²) in [5.74, 6) is 0.181. The highest BCUT2D eigenvalue weighted by molar-refractivity contribution is 5.88. The van der Waals surface area contributed by atoms with E-state index in [2.05, 4.69) is 37.8 Å². The summed E-state index contributed by atoms with van der Waals surface area (Å²) >= 11 is 0. The second-order valence-corrected chi connectivity index (χ2v) is 5.65. The minimum atomic E-state index is 0.181. The summed E-state index contributed by atoms with van der Waals surface area (Å²) in [6, 6.07) is 0. The molecule has 0 saturated carbocycles. The Morgan fingerprint density at radius 2 is 1.38 bits per heavy atom. The molecule has 0 aliphatic carbocycles. The fourth-order valence-electron chi connectivity index (χ4n) is 2.21. The van der Waals surface area contributed by atoms with Crippen LogP contribution in [0.4, 0.5) is 0 Å². The number of unbranched alkanes of at least 4 members (excludes halogenated alkanes) is 8. The summed E-state index contributed by atoms with van der Waals surface area (Å²) in [6.07, 6.45) is 24.7. The van der Waals surface area contributed by atoms with Crippen LogP contribution >= 0.6 is 0 Å². The van der Waals surface area contributed by atoms with Crippen molar-refractivity contribution in [2.75, 3.05) is 0 Å². The monoisotopic (exact) mass is 290 g/mol. The zero-order chi connectivity index (χ0) is 15.6. The smallest absolute Gasteiger partial charge is 0.155 e. The molecule has 0 N–H and O–H groups in total. The maximum Gasteiger partial charge on any atom is 0.155 e. The zero-order valence-electron chi connectivity index (χ0n) is 14.0. The average Bonchev–Trinajstić information content (AvgIpc) is 2.50. The summed E-state index contributed by atoms with van der Waals surface area (Å²) in [7, 11) is 0. The minimum Gasteiger partial charge on any atom is -0.295 e. The van der Waals surface area contributed by atoms with E-state index in [-0.39, 0.29) is 5.78 Å². The molecule has 0 aromatic rings. The maximum atomic E-state index is 11.0. The SMILES string of the molecule is C=CC(=O)CCCCCCC/C=C\C/C=C\CCCCC. The molecule has 0 aliphatic rings. The van der Waals surface area contributed by atoms with Gasteiger partial charge in [0.1, 0.15) is 0 Å². The van der Waals surface area contributed by atoms with Crippen LogP contribution in [-0.2, 0) is 4.79 Å². The van der Waals surface area contributed by atoms with Crippen LogP contribution in [0.5, 0.6) is 0 Å². The second kappa shape index (κ2) is 16.9. The maximum absolute atomic E-state index is 11.0. The number of hydrogen-bond acceptors (Lipinski definition) is 1. The molecule has 0 atom stereocenters. The molecule has 0 aromatic heterocycles. The molecule has 0 aliphatic heterocycles. The summed E-state index contributed by atoms with van der Waals surface area (Å²) in [6.45, 7) is 5.73. The van der Waals surface area contributed by atoms with Crippen LogP contribution < -0.4 is 0 Å². The first-order chi connectivity index (χ1) is 10.3. The zero-order valence-corrected chi connectivity index (χ0v) is 14.0. The van der Waals surface area contributed by atoms with Crippen LogP contribution in [0, 0.1) is 0 Å². The number of carbonyl (C=O) groups excluding carboxylic acids is 1. The number of rotatable bonds is 15. The molecule has 0 radical (unpaired) electrons. The molecule has 0 unspecified atom stereocenters. The largest absolute Gasteiger partial charge is 0.295 e. The van der Waals surface area contributed by atoms with E-state index < -0.39 is 0 Å². The molecule has 0 bridgehead atoms. The summed E-state index contributed by atoms with van der Waals surface area (Å²) in [5, 5.41) is 0. The standard InChI is InChI=1S/C20H34O/c1-3-5-6-7-8-9-10-11-12-13-14-15-16-17-18-19-20(21)4-2/h4,8-9,11-12H,2-3,5-7,10,13-19H2,1H3/b9-8-,12-11-. The molecular formula is C20H34O.